The number of hydrogen-bond acceptors (Lipinski definition) is 5. The predicted octanol–water partition coefficient (Wildman–Crippen LogP) is 6.47. The van der Waals surface area contributed by atoms with Gasteiger partial charge < -0.3 is 20.1 Å². The van der Waals surface area contributed by atoms with Crippen molar-refractivity contribution < 1.29 is 41.4 Å². The number of carbonyl (C=O) groups excluding carboxylic acids is 3. The van der Waals surface area contributed by atoms with Crippen molar-refractivity contribution in [1.29, 1.82) is 0 Å². The number of carbonyl (C=O) groups is 3. The first-order chi connectivity index (χ1) is 20.6. The second kappa shape index (κ2) is 11.9. The lowest BCUT2D eigenvalue weighted by molar-refractivity contribution is -0.154. The normalized spacial score (nSPS) is 23.9. The van der Waals surface area contributed by atoms with Crippen molar-refractivity contribution in [2.24, 2.45) is 23.7 Å². The fraction of sp³-hybridized carbons (Fsp3) is 0.485. The molecule has 0 unspecified atom stereocenters. The molecule has 236 valence electrons. The number of fused-ring (bicyclic) bond motifs is 2. The van der Waals surface area contributed by atoms with Gasteiger partial charge in [0, 0.05) is 17.6 Å². The number of rotatable bonds is 8. The molecule has 2 aromatic carbocycles. The highest BCUT2D eigenvalue weighted by Crippen LogP contribution is 2.54. The Balaban J connectivity index is 1.41. The van der Waals surface area contributed by atoms with Crippen LogP contribution in [0.4, 0.5) is 23.2 Å². The smallest absolute Gasteiger partial charge is 0.419 e. The van der Waals surface area contributed by atoms with E-state index >= 15 is 0 Å². The number of alkyl halides is 3. The average Bonchev–Trinajstić information content (AvgIpc) is 3.60. The minimum atomic E-state index is -4.93. The summed E-state index contributed by atoms with van der Waals surface area (Å²) in [6, 6.07) is 6.52. The number of allylic oxidation sites excluding steroid dienone is 1. The lowest BCUT2D eigenvalue weighted by atomic mass is 9.83. The van der Waals surface area contributed by atoms with Crippen LogP contribution in [-0.4, -0.2) is 36.5 Å². The molecule has 7 nitrogen and oxygen atoms in total. The zero-order valence-corrected chi connectivity index (χ0v) is 25.0. The number of hydrogen-bond donors (Lipinski definition) is 2. The zero-order chi connectivity index (χ0) is 32.0. The molecule has 2 amide bonds. The lowest BCUT2D eigenvalue weighted by Crippen LogP contribution is -2.48. The number of nitrogens with one attached hydrogen (secondary N) is 2. The summed E-state index contributed by atoms with van der Waals surface area (Å²) in [4.78, 5) is 39.9. The van der Waals surface area contributed by atoms with Crippen molar-refractivity contribution >= 4 is 23.5 Å². The van der Waals surface area contributed by atoms with Gasteiger partial charge in [-0.3, -0.25) is 14.4 Å². The van der Waals surface area contributed by atoms with E-state index in [2.05, 4.69) is 16.7 Å². The SMILES string of the molecule is COc1ccc(CC(=O)OC(C)(C)C)cc1C(=O)N[C@H]1[C@@H](C(=O)Nc2ccc(F)c(C(F)(F)F)c2)[C@H]2CC[C@@H]1/C2=C\C1CC1. The number of benzene rings is 2. The number of halogens is 4. The maximum Gasteiger partial charge on any atom is 0.419 e. The molecule has 2 N–H and O–H groups in total. The minimum absolute atomic E-state index is 0.0629. The van der Waals surface area contributed by atoms with Crippen LogP contribution in [0.2, 0.25) is 0 Å². The van der Waals surface area contributed by atoms with Gasteiger partial charge in [0.25, 0.3) is 5.91 Å². The molecule has 2 bridgehead atoms. The summed E-state index contributed by atoms with van der Waals surface area (Å²) >= 11 is 0. The fourth-order valence-corrected chi connectivity index (χ4v) is 6.42. The number of esters is 1. The second-order valence-electron chi connectivity index (χ2n) is 12.8. The molecule has 3 fully saturated rings. The molecule has 0 heterocycles. The Morgan fingerprint density at radius 1 is 0.977 bits per heavy atom. The number of ether oxygens (including phenoxy) is 2. The Labute approximate surface area is 253 Å². The molecule has 0 aliphatic heterocycles. The Bertz CT molecular complexity index is 1490. The van der Waals surface area contributed by atoms with Crippen LogP contribution in [-0.2, 0) is 26.9 Å². The van der Waals surface area contributed by atoms with Crippen LogP contribution in [0.3, 0.4) is 0 Å². The van der Waals surface area contributed by atoms with Crippen molar-refractivity contribution in [2.45, 2.75) is 70.7 Å². The highest BCUT2D eigenvalue weighted by atomic mass is 19.4. The number of anilines is 1. The van der Waals surface area contributed by atoms with Gasteiger partial charge in [0.15, 0.2) is 0 Å². The summed E-state index contributed by atoms with van der Waals surface area (Å²) in [6.07, 6.45) is 0.763. The van der Waals surface area contributed by atoms with Gasteiger partial charge >= 0.3 is 12.1 Å². The summed E-state index contributed by atoms with van der Waals surface area (Å²) in [5.74, 6) is -3.30. The molecular weight excluding hydrogens is 580 g/mol. The van der Waals surface area contributed by atoms with Gasteiger partial charge in [0.2, 0.25) is 5.91 Å². The summed E-state index contributed by atoms with van der Waals surface area (Å²) in [5, 5.41) is 5.58. The predicted molar refractivity (Wildman–Crippen MR) is 154 cm³/mol. The van der Waals surface area contributed by atoms with Crippen molar-refractivity contribution in [3.8, 4) is 5.75 Å². The fourth-order valence-electron chi connectivity index (χ4n) is 6.42. The molecule has 3 aliphatic carbocycles. The third kappa shape index (κ3) is 6.92. The Kier molecular flexibility index (Phi) is 8.52. The summed E-state index contributed by atoms with van der Waals surface area (Å²) in [7, 11) is 1.42. The van der Waals surface area contributed by atoms with Gasteiger partial charge in [-0.2, -0.15) is 13.2 Å². The molecule has 2 aromatic rings. The Morgan fingerprint density at radius 2 is 1.68 bits per heavy atom. The number of methoxy groups -OCH3 is 1. The molecule has 3 saturated carbocycles. The van der Waals surface area contributed by atoms with E-state index in [0.29, 0.717) is 30.0 Å². The molecule has 11 heteroatoms. The van der Waals surface area contributed by atoms with Gasteiger partial charge in [-0.25, -0.2) is 4.39 Å². The standard InChI is InChI=1S/C33H36F4N2O5/c1-32(2,3)44-27(40)15-18-7-12-26(43-4)23(14-18)30(41)39-29-21-10-9-20(22(21)13-17-5-6-17)28(29)31(42)38-19-8-11-25(34)24(16-19)33(35,36)37/h7-8,11-14,16-17,20-21,28-29H,5-6,9-10,15H2,1-4H3,(H,38,42)(H,39,41)/b22-13-/t20-,21+,28-,29+/m0/s1. The van der Waals surface area contributed by atoms with Crippen LogP contribution < -0.4 is 15.4 Å². The highest BCUT2D eigenvalue weighted by Gasteiger charge is 2.55. The average molecular weight is 617 g/mol. The van der Waals surface area contributed by atoms with Gasteiger partial charge in [-0.1, -0.05) is 17.7 Å². The Hall–Kier alpha value is -3.89. The van der Waals surface area contributed by atoms with Gasteiger partial charge in [-0.05, 0) is 94.2 Å². The van der Waals surface area contributed by atoms with E-state index in [4.69, 9.17) is 9.47 Å². The summed E-state index contributed by atoms with van der Waals surface area (Å²) in [5.41, 5.74) is -0.509. The second-order valence-corrected chi connectivity index (χ2v) is 12.8. The lowest BCUT2D eigenvalue weighted by Gasteiger charge is -2.30. The quantitative estimate of drug-likeness (QED) is 0.202. The van der Waals surface area contributed by atoms with Crippen molar-refractivity contribution in [3.05, 3.63) is 70.6 Å². The first kappa shape index (κ1) is 31.5. The maximum absolute atomic E-state index is 13.9. The molecule has 3 aliphatic rings. The molecule has 5 rings (SSSR count). The van der Waals surface area contributed by atoms with Crippen LogP contribution in [0, 0.1) is 29.5 Å². The molecule has 4 atom stereocenters. The summed E-state index contributed by atoms with van der Waals surface area (Å²) < 4.78 is 64.7. The van der Waals surface area contributed by atoms with Gasteiger partial charge in [-0.15, -0.1) is 0 Å². The monoisotopic (exact) mass is 616 g/mol. The third-order valence-electron chi connectivity index (χ3n) is 8.37. The van der Waals surface area contributed by atoms with Gasteiger partial charge in [0.05, 0.1) is 30.6 Å². The van der Waals surface area contributed by atoms with Crippen LogP contribution in [0.15, 0.2) is 48.0 Å². The molecular formula is C33H36F4N2O5. The first-order valence-electron chi connectivity index (χ1n) is 14.7. The van der Waals surface area contributed by atoms with E-state index < -0.39 is 52.9 Å². The third-order valence-corrected chi connectivity index (χ3v) is 8.37. The van der Waals surface area contributed by atoms with Crippen LogP contribution in [0.25, 0.3) is 0 Å². The largest absolute Gasteiger partial charge is 0.496 e. The van der Waals surface area contributed by atoms with E-state index in [0.717, 1.165) is 30.9 Å². The van der Waals surface area contributed by atoms with Gasteiger partial charge in [0.1, 0.15) is 17.2 Å². The molecule has 0 spiro atoms. The topological polar surface area (TPSA) is 93.7 Å². The van der Waals surface area contributed by atoms with Crippen LogP contribution in [0.1, 0.15) is 67.9 Å². The van der Waals surface area contributed by atoms with Crippen molar-refractivity contribution in [1.82, 2.24) is 5.32 Å². The maximum atomic E-state index is 13.9. The van der Waals surface area contributed by atoms with E-state index in [1.54, 1.807) is 39.0 Å². The molecule has 44 heavy (non-hydrogen) atoms. The first-order valence-corrected chi connectivity index (χ1v) is 14.7. The zero-order valence-electron chi connectivity index (χ0n) is 25.0. The highest BCUT2D eigenvalue weighted by molar-refractivity contribution is 5.99. The van der Waals surface area contributed by atoms with Crippen molar-refractivity contribution in [3.63, 3.8) is 0 Å². The molecule has 0 aromatic heterocycles. The van der Waals surface area contributed by atoms with E-state index in [1.807, 2.05) is 0 Å². The molecule has 0 saturated heterocycles. The summed E-state index contributed by atoms with van der Waals surface area (Å²) in [6.45, 7) is 5.28. The van der Waals surface area contributed by atoms with Crippen LogP contribution in [0.5, 0.6) is 5.75 Å². The minimum Gasteiger partial charge on any atom is -0.496 e. The van der Waals surface area contributed by atoms with E-state index in [1.165, 1.54) is 7.11 Å². The van der Waals surface area contributed by atoms with E-state index in [9.17, 15) is 31.9 Å². The van der Waals surface area contributed by atoms with E-state index in [-0.39, 0.29) is 35.3 Å². The number of amides is 2. The molecule has 0 radical (unpaired) electrons. The Morgan fingerprint density at radius 3 is 2.32 bits per heavy atom. The van der Waals surface area contributed by atoms with Crippen molar-refractivity contribution in [2.75, 3.05) is 12.4 Å². The van der Waals surface area contributed by atoms with Crippen LogP contribution >= 0.6 is 0 Å².